The number of aryl methyl sites for hydroxylation is 1. The summed E-state index contributed by atoms with van der Waals surface area (Å²) in [5.74, 6) is -0.295. The smallest absolute Gasteiger partial charge is 0.374 e. The van der Waals surface area contributed by atoms with Gasteiger partial charge in [0.15, 0.2) is 0 Å². The van der Waals surface area contributed by atoms with Crippen LogP contribution in [0.1, 0.15) is 16.2 Å². The lowest BCUT2D eigenvalue weighted by molar-refractivity contribution is 0.0426. The summed E-state index contributed by atoms with van der Waals surface area (Å²) in [5.41, 5.74) is 0.792. The summed E-state index contributed by atoms with van der Waals surface area (Å²) in [4.78, 5) is 11.5. The maximum absolute atomic E-state index is 11.5. The molecule has 0 spiro atoms. The van der Waals surface area contributed by atoms with Crippen molar-refractivity contribution in [2.75, 3.05) is 0 Å². The highest BCUT2D eigenvalue weighted by Gasteiger charge is 2.13. The summed E-state index contributed by atoms with van der Waals surface area (Å²) in [6.45, 7) is 0.149. The lowest BCUT2D eigenvalue weighted by Gasteiger charge is -2.03. The van der Waals surface area contributed by atoms with E-state index in [0.29, 0.717) is 0 Å². The number of carbonyl (C=O) groups is 1. The van der Waals surface area contributed by atoms with Crippen LogP contribution in [-0.2, 0) is 18.4 Å². The Kier molecular flexibility index (Phi) is 3.09. The van der Waals surface area contributed by atoms with Crippen LogP contribution in [0.2, 0.25) is 0 Å². The highest BCUT2D eigenvalue weighted by atomic mass is 79.9. The quantitative estimate of drug-likeness (QED) is 0.811. The van der Waals surface area contributed by atoms with Gasteiger partial charge in [0.25, 0.3) is 0 Å². The molecule has 0 atom stereocenters. The van der Waals surface area contributed by atoms with Crippen LogP contribution >= 0.6 is 15.9 Å². The molecule has 0 fully saturated rings. The second kappa shape index (κ2) is 4.52. The third-order valence-corrected chi connectivity index (χ3v) is 2.74. The van der Waals surface area contributed by atoms with Crippen LogP contribution in [0.25, 0.3) is 0 Å². The Balaban J connectivity index is 2.01. The van der Waals surface area contributed by atoms with Crippen LogP contribution in [0.4, 0.5) is 0 Å². The van der Waals surface area contributed by atoms with Crippen molar-refractivity contribution < 1.29 is 13.9 Å². The summed E-state index contributed by atoms with van der Waals surface area (Å²) in [6.07, 6.45) is 3.08. The van der Waals surface area contributed by atoms with E-state index in [-0.39, 0.29) is 12.4 Å². The van der Waals surface area contributed by atoms with Gasteiger partial charge in [-0.1, -0.05) is 0 Å². The average Bonchev–Trinajstić information content (AvgIpc) is 2.87. The molecule has 16 heavy (non-hydrogen) atoms. The largest absolute Gasteiger partial charge is 0.457 e. The first-order valence-corrected chi connectivity index (χ1v) is 5.35. The number of esters is 1. The van der Waals surface area contributed by atoms with E-state index in [0.717, 1.165) is 10.2 Å². The molecule has 0 N–H and O–H groups in total. The van der Waals surface area contributed by atoms with Crippen molar-refractivity contribution in [2.45, 2.75) is 6.61 Å². The molecule has 0 aliphatic heterocycles. The number of halogens is 1. The van der Waals surface area contributed by atoms with Crippen molar-refractivity contribution in [3.8, 4) is 0 Å². The summed E-state index contributed by atoms with van der Waals surface area (Å²) in [7, 11) is 1.78. The molecule has 0 saturated heterocycles. The molecule has 0 bridgehead atoms. The summed E-state index contributed by atoms with van der Waals surface area (Å²) >= 11 is 3.32. The number of rotatable bonds is 3. The van der Waals surface area contributed by atoms with Crippen molar-refractivity contribution in [1.82, 2.24) is 9.78 Å². The fraction of sp³-hybridized carbons (Fsp3) is 0.200. The van der Waals surface area contributed by atoms with Gasteiger partial charge in [-0.2, -0.15) is 5.10 Å². The van der Waals surface area contributed by atoms with Gasteiger partial charge in [0.2, 0.25) is 5.76 Å². The number of carbonyl (C=O) groups excluding carboxylic acids is 1. The maximum atomic E-state index is 11.5. The monoisotopic (exact) mass is 284 g/mol. The van der Waals surface area contributed by atoms with Gasteiger partial charge in [-0.15, -0.1) is 0 Å². The third kappa shape index (κ3) is 2.16. The van der Waals surface area contributed by atoms with E-state index in [2.05, 4.69) is 21.0 Å². The van der Waals surface area contributed by atoms with Gasteiger partial charge in [0.05, 0.1) is 22.6 Å². The van der Waals surface area contributed by atoms with E-state index >= 15 is 0 Å². The molecule has 0 amide bonds. The molecule has 84 valence electrons. The van der Waals surface area contributed by atoms with Gasteiger partial charge >= 0.3 is 5.97 Å². The van der Waals surface area contributed by atoms with Crippen LogP contribution in [-0.4, -0.2) is 15.7 Å². The van der Waals surface area contributed by atoms with Gasteiger partial charge in [-0.25, -0.2) is 4.79 Å². The van der Waals surface area contributed by atoms with Crippen LogP contribution in [0.15, 0.2) is 33.5 Å². The molecule has 5 nitrogen and oxygen atoms in total. The Morgan fingerprint density at radius 1 is 1.69 bits per heavy atom. The van der Waals surface area contributed by atoms with Crippen molar-refractivity contribution >= 4 is 21.9 Å². The Morgan fingerprint density at radius 2 is 2.50 bits per heavy atom. The number of furan rings is 1. The fourth-order valence-corrected chi connectivity index (χ4v) is 1.66. The molecule has 2 rings (SSSR count). The molecular formula is C10H9BrN2O3. The molecule has 0 aromatic carbocycles. The summed E-state index contributed by atoms with van der Waals surface area (Å²) < 4.78 is 12.4. The van der Waals surface area contributed by atoms with E-state index in [9.17, 15) is 4.79 Å². The van der Waals surface area contributed by atoms with Crippen molar-refractivity contribution in [2.24, 2.45) is 7.05 Å². The van der Waals surface area contributed by atoms with Crippen molar-refractivity contribution in [3.63, 3.8) is 0 Å². The predicted molar refractivity (Wildman–Crippen MR) is 58.7 cm³/mol. The Bertz CT molecular complexity index is 471. The molecule has 0 aliphatic carbocycles. The topological polar surface area (TPSA) is 57.3 Å². The summed E-state index contributed by atoms with van der Waals surface area (Å²) in [5, 5.41) is 4.01. The van der Waals surface area contributed by atoms with Crippen LogP contribution in [0, 0.1) is 0 Å². The number of hydrogen-bond donors (Lipinski definition) is 0. The van der Waals surface area contributed by atoms with E-state index in [1.807, 2.05) is 0 Å². The fourth-order valence-electron chi connectivity index (χ4n) is 1.20. The minimum atomic E-state index is -0.488. The highest BCUT2D eigenvalue weighted by Crippen LogP contribution is 2.16. The zero-order chi connectivity index (χ0) is 11.5. The van der Waals surface area contributed by atoms with E-state index < -0.39 is 5.97 Å². The van der Waals surface area contributed by atoms with Crippen LogP contribution in [0.3, 0.4) is 0 Å². The first-order valence-electron chi connectivity index (χ1n) is 4.55. The van der Waals surface area contributed by atoms with E-state index in [1.165, 1.54) is 6.26 Å². The predicted octanol–water partition coefficient (Wildman–Crippen LogP) is 2.13. The number of ether oxygens (including phenoxy) is 1. The Labute approximate surface area is 100 Å². The first kappa shape index (κ1) is 10.9. The maximum Gasteiger partial charge on any atom is 0.374 e. The number of nitrogens with zero attached hydrogens (tertiary/aromatic N) is 2. The zero-order valence-electron chi connectivity index (χ0n) is 8.51. The van der Waals surface area contributed by atoms with Gasteiger partial charge < -0.3 is 9.15 Å². The average molecular weight is 285 g/mol. The third-order valence-electron chi connectivity index (χ3n) is 2.07. The Morgan fingerprint density at radius 3 is 3.06 bits per heavy atom. The van der Waals surface area contributed by atoms with Gasteiger partial charge in [-0.3, -0.25) is 4.68 Å². The highest BCUT2D eigenvalue weighted by molar-refractivity contribution is 9.10. The molecule has 0 radical (unpaired) electrons. The zero-order valence-corrected chi connectivity index (χ0v) is 10.1. The lowest BCUT2D eigenvalue weighted by atomic mass is 10.4. The molecule has 2 heterocycles. The van der Waals surface area contributed by atoms with Crippen LogP contribution < -0.4 is 0 Å². The molecule has 0 unspecified atom stereocenters. The molecule has 2 aromatic heterocycles. The number of hydrogen-bond acceptors (Lipinski definition) is 4. The summed E-state index contributed by atoms with van der Waals surface area (Å²) in [6, 6.07) is 3.19. The van der Waals surface area contributed by atoms with Crippen molar-refractivity contribution in [1.29, 1.82) is 0 Å². The second-order valence-corrected chi connectivity index (χ2v) is 3.97. The minimum absolute atomic E-state index is 0.149. The molecule has 2 aromatic rings. The lowest BCUT2D eigenvalue weighted by Crippen LogP contribution is -2.07. The Hall–Kier alpha value is -1.56. The second-order valence-electron chi connectivity index (χ2n) is 3.12. The molecule has 0 saturated carbocycles. The number of aromatic nitrogens is 2. The standard InChI is InChI=1S/C10H9BrN2O3/c1-13-8(7(11)5-12-13)6-16-10(14)9-3-2-4-15-9/h2-5H,6H2,1H3. The van der Waals surface area contributed by atoms with Gasteiger partial charge in [0.1, 0.15) is 6.61 Å². The van der Waals surface area contributed by atoms with Gasteiger partial charge in [-0.05, 0) is 28.1 Å². The normalized spacial score (nSPS) is 10.4. The molecule has 6 heteroatoms. The van der Waals surface area contributed by atoms with Crippen molar-refractivity contribution in [3.05, 3.63) is 40.5 Å². The first-order chi connectivity index (χ1) is 7.68. The SMILES string of the molecule is Cn1ncc(Br)c1COC(=O)c1ccco1. The van der Waals surface area contributed by atoms with E-state index in [4.69, 9.17) is 9.15 Å². The minimum Gasteiger partial charge on any atom is -0.457 e. The molecule has 0 aliphatic rings. The molecular weight excluding hydrogens is 276 g/mol. The van der Waals surface area contributed by atoms with Gasteiger partial charge in [0, 0.05) is 7.05 Å². The van der Waals surface area contributed by atoms with Crippen LogP contribution in [0.5, 0.6) is 0 Å². The van der Waals surface area contributed by atoms with E-state index in [1.54, 1.807) is 30.1 Å².